The lowest BCUT2D eigenvalue weighted by molar-refractivity contribution is -0.137. The Morgan fingerprint density at radius 1 is 1.18 bits per heavy atom. The van der Waals surface area contributed by atoms with Gasteiger partial charge in [0.25, 0.3) is 0 Å². The van der Waals surface area contributed by atoms with E-state index in [1.165, 1.54) is 12.8 Å². The van der Waals surface area contributed by atoms with Gasteiger partial charge in [-0.15, -0.1) is 10.2 Å². The number of urea groups is 1. The number of aromatic nitrogens is 3. The maximum absolute atomic E-state index is 12.8. The van der Waals surface area contributed by atoms with Gasteiger partial charge in [-0.3, -0.25) is 4.79 Å². The lowest BCUT2D eigenvalue weighted by atomic mass is 10.0. The Hall–Kier alpha value is -2.90. The molecule has 8 nitrogen and oxygen atoms in total. The number of nitrogens with one attached hydrogen (secondary N) is 1. The molecule has 1 unspecified atom stereocenters. The number of fused-ring (bicyclic) bond motifs is 1. The number of carbonyl (C=O) groups is 2. The van der Waals surface area contributed by atoms with E-state index in [1.54, 1.807) is 4.90 Å². The molecular formula is C20H25N5O3. The van der Waals surface area contributed by atoms with Crippen LogP contribution in [-0.4, -0.2) is 49.4 Å². The van der Waals surface area contributed by atoms with Crippen LogP contribution in [0.3, 0.4) is 0 Å². The summed E-state index contributed by atoms with van der Waals surface area (Å²) in [5, 5.41) is 20.6. The van der Waals surface area contributed by atoms with Gasteiger partial charge < -0.3 is 19.9 Å². The number of nitrogens with zero attached hydrogens (tertiary/aromatic N) is 4. The van der Waals surface area contributed by atoms with Crippen molar-refractivity contribution >= 4 is 12.0 Å². The van der Waals surface area contributed by atoms with E-state index >= 15 is 0 Å². The van der Waals surface area contributed by atoms with Gasteiger partial charge in [0.15, 0.2) is 5.82 Å². The molecule has 2 aromatic rings. The second kappa shape index (κ2) is 8.00. The van der Waals surface area contributed by atoms with Crippen molar-refractivity contribution in [3.05, 3.63) is 47.5 Å². The molecule has 2 N–H and O–H groups in total. The predicted molar refractivity (Wildman–Crippen MR) is 102 cm³/mol. The van der Waals surface area contributed by atoms with Crippen LogP contribution < -0.4 is 5.32 Å². The zero-order valence-electron chi connectivity index (χ0n) is 15.8. The highest BCUT2D eigenvalue weighted by Crippen LogP contribution is 2.39. The van der Waals surface area contributed by atoms with Crippen LogP contribution in [0.5, 0.6) is 0 Å². The molecule has 0 bridgehead atoms. The molecule has 0 saturated heterocycles. The lowest BCUT2D eigenvalue weighted by Gasteiger charge is -2.30. The van der Waals surface area contributed by atoms with Crippen LogP contribution in [0, 0.1) is 0 Å². The number of aliphatic carboxylic acids is 1. The standard InChI is InChI=1S/C20H25N5O3/c26-18(27)9-8-16(12-14-4-2-1-3-5-14)21-20(28)24-10-11-25-17(13-24)22-23-19(25)15-6-7-15/h1-5,15-16H,6-13H2,(H,21,28)(H,26,27). The van der Waals surface area contributed by atoms with Crippen molar-refractivity contribution in [2.45, 2.75) is 57.2 Å². The fourth-order valence-corrected chi connectivity index (χ4v) is 3.68. The molecule has 148 valence electrons. The van der Waals surface area contributed by atoms with Crippen molar-refractivity contribution in [3.63, 3.8) is 0 Å². The zero-order valence-corrected chi connectivity index (χ0v) is 15.8. The van der Waals surface area contributed by atoms with Crippen molar-refractivity contribution in [1.82, 2.24) is 25.0 Å². The normalized spacial score (nSPS) is 17.1. The first kappa shape index (κ1) is 18.5. The third kappa shape index (κ3) is 4.32. The Morgan fingerprint density at radius 3 is 2.68 bits per heavy atom. The Labute approximate surface area is 163 Å². The number of amides is 2. The smallest absolute Gasteiger partial charge is 0.318 e. The minimum absolute atomic E-state index is 0.0247. The first-order chi connectivity index (χ1) is 13.6. The maximum Gasteiger partial charge on any atom is 0.318 e. The number of hydrogen-bond donors (Lipinski definition) is 2. The van der Waals surface area contributed by atoms with E-state index in [0.717, 1.165) is 17.2 Å². The van der Waals surface area contributed by atoms with Crippen LogP contribution in [0.25, 0.3) is 0 Å². The summed E-state index contributed by atoms with van der Waals surface area (Å²) in [6.45, 7) is 1.75. The third-order valence-corrected chi connectivity index (χ3v) is 5.37. The Bertz CT molecular complexity index is 847. The highest BCUT2D eigenvalue weighted by molar-refractivity contribution is 5.74. The highest BCUT2D eigenvalue weighted by Gasteiger charge is 2.33. The molecule has 1 aliphatic carbocycles. The molecule has 1 aromatic heterocycles. The topological polar surface area (TPSA) is 100 Å². The first-order valence-electron chi connectivity index (χ1n) is 9.83. The molecule has 1 fully saturated rings. The van der Waals surface area contributed by atoms with Crippen molar-refractivity contribution in [1.29, 1.82) is 0 Å². The van der Waals surface area contributed by atoms with Crippen LogP contribution in [0.4, 0.5) is 4.79 Å². The number of carbonyl (C=O) groups excluding carboxylic acids is 1. The molecular weight excluding hydrogens is 358 g/mol. The van der Waals surface area contributed by atoms with E-state index in [2.05, 4.69) is 20.1 Å². The second-order valence-corrected chi connectivity index (χ2v) is 7.59. The van der Waals surface area contributed by atoms with Crippen molar-refractivity contribution in [3.8, 4) is 0 Å². The van der Waals surface area contributed by atoms with Gasteiger partial charge in [0.2, 0.25) is 0 Å². The number of hydrogen-bond acceptors (Lipinski definition) is 4. The molecule has 1 saturated carbocycles. The molecule has 1 aromatic carbocycles. The van der Waals surface area contributed by atoms with E-state index < -0.39 is 5.97 Å². The van der Waals surface area contributed by atoms with Crippen molar-refractivity contribution in [2.24, 2.45) is 0 Å². The second-order valence-electron chi connectivity index (χ2n) is 7.59. The highest BCUT2D eigenvalue weighted by atomic mass is 16.4. The van der Waals surface area contributed by atoms with Gasteiger partial charge in [0.1, 0.15) is 5.82 Å². The molecule has 2 amide bonds. The molecule has 0 radical (unpaired) electrons. The Morgan fingerprint density at radius 2 is 1.96 bits per heavy atom. The molecule has 4 rings (SSSR count). The van der Waals surface area contributed by atoms with Crippen molar-refractivity contribution in [2.75, 3.05) is 6.54 Å². The number of benzene rings is 1. The van der Waals surface area contributed by atoms with Crippen LogP contribution >= 0.6 is 0 Å². The Balaban J connectivity index is 1.39. The summed E-state index contributed by atoms with van der Waals surface area (Å²) in [7, 11) is 0. The van der Waals surface area contributed by atoms with Gasteiger partial charge in [0, 0.05) is 31.5 Å². The quantitative estimate of drug-likeness (QED) is 0.763. The fraction of sp³-hybridized carbons (Fsp3) is 0.500. The van der Waals surface area contributed by atoms with E-state index in [0.29, 0.717) is 38.4 Å². The summed E-state index contributed by atoms with van der Waals surface area (Å²) in [5.41, 5.74) is 1.07. The van der Waals surface area contributed by atoms with Crippen LogP contribution in [-0.2, 0) is 24.3 Å². The molecule has 1 atom stereocenters. The molecule has 8 heteroatoms. The Kier molecular flexibility index (Phi) is 5.27. The van der Waals surface area contributed by atoms with E-state index in [4.69, 9.17) is 5.11 Å². The summed E-state index contributed by atoms with van der Waals surface area (Å²) >= 11 is 0. The van der Waals surface area contributed by atoms with E-state index in [9.17, 15) is 9.59 Å². The number of carboxylic acids is 1. The fourth-order valence-electron chi connectivity index (χ4n) is 3.68. The van der Waals surface area contributed by atoms with E-state index in [-0.39, 0.29) is 18.5 Å². The summed E-state index contributed by atoms with van der Waals surface area (Å²) in [5.74, 6) is 1.56. The van der Waals surface area contributed by atoms with Gasteiger partial charge in [-0.05, 0) is 31.2 Å². The van der Waals surface area contributed by atoms with Crippen LogP contribution in [0.2, 0.25) is 0 Å². The number of carboxylic acid groups (broad SMARTS) is 1. The van der Waals surface area contributed by atoms with Crippen LogP contribution in [0.15, 0.2) is 30.3 Å². The minimum Gasteiger partial charge on any atom is -0.481 e. The molecule has 28 heavy (non-hydrogen) atoms. The number of rotatable bonds is 7. The molecule has 2 heterocycles. The zero-order chi connectivity index (χ0) is 19.5. The molecule has 2 aliphatic rings. The van der Waals surface area contributed by atoms with Gasteiger partial charge in [-0.25, -0.2) is 4.79 Å². The monoisotopic (exact) mass is 383 g/mol. The van der Waals surface area contributed by atoms with Gasteiger partial charge in [0.05, 0.1) is 6.54 Å². The largest absolute Gasteiger partial charge is 0.481 e. The summed E-state index contributed by atoms with van der Waals surface area (Å²) < 4.78 is 2.15. The van der Waals surface area contributed by atoms with Gasteiger partial charge in [-0.2, -0.15) is 0 Å². The summed E-state index contributed by atoms with van der Waals surface area (Å²) in [4.78, 5) is 25.6. The average Bonchev–Trinajstić information content (AvgIpc) is 3.45. The summed E-state index contributed by atoms with van der Waals surface area (Å²) in [6, 6.07) is 9.40. The van der Waals surface area contributed by atoms with Gasteiger partial charge in [-0.1, -0.05) is 30.3 Å². The summed E-state index contributed by atoms with van der Waals surface area (Å²) in [6.07, 6.45) is 3.37. The van der Waals surface area contributed by atoms with Crippen molar-refractivity contribution < 1.29 is 14.7 Å². The van der Waals surface area contributed by atoms with Crippen LogP contribution in [0.1, 0.15) is 48.8 Å². The minimum atomic E-state index is -0.856. The maximum atomic E-state index is 12.8. The lowest BCUT2D eigenvalue weighted by Crippen LogP contribution is -2.48. The predicted octanol–water partition coefficient (Wildman–Crippen LogP) is 2.16. The third-order valence-electron chi connectivity index (χ3n) is 5.37. The van der Waals surface area contributed by atoms with E-state index in [1.807, 2.05) is 30.3 Å². The first-order valence-corrected chi connectivity index (χ1v) is 9.83. The molecule has 0 spiro atoms. The average molecular weight is 383 g/mol. The SMILES string of the molecule is O=C(O)CCC(Cc1ccccc1)NC(=O)N1CCn2c(nnc2C2CC2)C1. The van der Waals surface area contributed by atoms with Gasteiger partial charge >= 0.3 is 12.0 Å². The molecule has 1 aliphatic heterocycles.